The Morgan fingerprint density at radius 2 is 2.22 bits per heavy atom. The predicted molar refractivity (Wildman–Crippen MR) is 103 cm³/mol. The lowest BCUT2D eigenvalue weighted by Crippen LogP contribution is -2.34. The van der Waals surface area contributed by atoms with Gasteiger partial charge < -0.3 is 24.9 Å². The van der Waals surface area contributed by atoms with Gasteiger partial charge in [-0.2, -0.15) is 0 Å². The van der Waals surface area contributed by atoms with Crippen molar-refractivity contribution < 1.29 is 19.4 Å². The quantitative estimate of drug-likeness (QED) is 0.230. The lowest BCUT2D eigenvalue weighted by molar-refractivity contribution is -0.137. The van der Waals surface area contributed by atoms with Gasteiger partial charge >= 0.3 is 5.97 Å². The Kier molecular flexibility index (Phi) is 5.76. The first-order valence-corrected chi connectivity index (χ1v) is 8.97. The van der Waals surface area contributed by atoms with Crippen LogP contribution in [0.1, 0.15) is 23.7 Å². The van der Waals surface area contributed by atoms with Crippen molar-refractivity contribution in [1.82, 2.24) is 10.3 Å². The fourth-order valence-electron chi connectivity index (χ4n) is 3.94. The van der Waals surface area contributed by atoms with Gasteiger partial charge in [0.15, 0.2) is 0 Å². The number of carbonyl (C=O) groups is 2. The molecule has 27 heavy (non-hydrogen) atoms. The van der Waals surface area contributed by atoms with Crippen LogP contribution in [-0.2, 0) is 20.7 Å². The second kappa shape index (κ2) is 8.22. The van der Waals surface area contributed by atoms with Crippen molar-refractivity contribution in [1.29, 1.82) is 0 Å². The number of hydrogen-bond donors (Lipinski definition) is 3. The number of nitrogens with one attached hydrogen (secondary N) is 2. The number of para-hydroxylation sites is 1. The molecule has 1 aliphatic rings. The first-order valence-electron chi connectivity index (χ1n) is 8.97. The monoisotopic (exact) mass is 368 g/mol. The highest BCUT2D eigenvalue weighted by Gasteiger charge is 2.33. The normalized spacial score (nSPS) is 19.1. The summed E-state index contributed by atoms with van der Waals surface area (Å²) in [6.45, 7) is 4.50. The Bertz CT molecular complexity index is 875. The number of aromatic nitrogens is 1. The summed E-state index contributed by atoms with van der Waals surface area (Å²) in [5.41, 5.74) is 3.44. The van der Waals surface area contributed by atoms with Gasteiger partial charge in [0.25, 0.3) is 0 Å². The molecule has 2 aromatic rings. The molecule has 3 N–H and O–H groups in total. The summed E-state index contributed by atoms with van der Waals surface area (Å²) in [6.07, 6.45) is 4.33. The second-order valence-corrected chi connectivity index (χ2v) is 6.69. The number of allylic oxidation sites excluding steroid dienone is 1. The number of aromatic amines is 1. The molecule has 1 aliphatic heterocycles. The number of aliphatic hydroxyl groups is 1. The zero-order valence-corrected chi connectivity index (χ0v) is 15.3. The average molecular weight is 368 g/mol. The molecule has 0 saturated heterocycles. The van der Waals surface area contributed by atoms with Crippen molar-refractivity contribution in [3.63, 3.8) is 0 Å². The van der Waals surface area contributed by atoms with E-state index >= 15 is 0 Å². The van der Waals surface area contributed by atoms with Crippen molar-refractivity contribution in [2.24, 2.45) is 11.8 Å². The van der Waals surface area contributed by atoms with Crippen molar-refractivity contribution in [3.8, 4) is 0 Å². The number of methoxy groups -OCH3 is 1. The topological polar surface area (TPSA) is 91.4 Å². The van der Waals surface area contributed by atoms with Crippen LogP contribution in [0.5, 0.6) is 0 Å². The first kappa shape index (κ1) is 18.9. The number of carbonyl (C=O) groups excluding carboxylic acids is 2. The minimum atomic E-state index is -0.649. The molecular formula is C21H24N2O4. The molecule has 142 valence electrons. The molecule has 3 atom stereocenters. The predicted octanol–water partition coefficient (Wildman–Crippen LogP) is 2.98. The van der Waals surface area contributed by atoms with Gasteiger partial charge in [-0.3, -0.25) is 0 Å². The summed E-state index contributed by atoms with van der Waals surface area (Å²) < 4.78 is 4.78. The number of benzene rings is 1. The summed E-state index contributed by atoms with van der Waals surface area (Å²) in [6, 6.07) is 8.04. The highest BCUT2D eigenvalue weighted by atomic mass is 16.5. The SMILES string of the molecule is C=C[C@H](C=O)[C@H](C[C@@H]1NCCc2c1[nH]c1ccccc21)/C(=C/O)C(=O)OC. The van der Waals surface area contributed by atoms with Crippen molar-refractivity contribution in [3.05, 3.63) is 60.0 Å². The van der Waals surface area contributed by atoms with Crippen LogP contribution < -0.4 is 5.32 Å². The molecule has 0 unspecified atom stereocenters. The molecule has 0 bridgehead atoms. The highest BCUT2D eigenvalue weighted by Crippen LogP contribution is 2.36. The molecule has 6 heteroatoms. The zero-order valence-electron chi connectivity index (χ0n) is 15.3. The highest BCUT2D eigenvalue weighted by molar-refractivity contribution is 5.89. The van der Waals surface area contributed by atoms with E-state index in [-0.39, 0.29) is 11.6 Å². The Balaban J connectivity index is 1.99. The van der Waals surface area contributed by atoms with E-state index in [2.05, 4.69) is 22.9 Å². The summed E-state index contributed by atoms with van der Waals surface area (Å²) in [7, 11) is 1.25. The smallest absolute Gasteiger partial charge is 0.337 e. The number of fused-ring (bicyclic) bond motifs is 3. The molecular weight excluding hydrogens is 344 g/mol. The van der Waals surface area contributed by atoms with Gasteiger partial charge in [0.05, 0.1) is 18.9 Å². The average Bonchev–Trinajstić information content (AvgIpc) is 3.09. The van der Waals surface area contributed by atoms with Crippen molar-refractivity contribution >= 4 is 23.2 Å². The largest absolute Gasteiger partial charge is 0.515 e. The number of ether oxygens (including phenoxy) is 1. The van der Waals surface area contributed by atoms with E-state index in [0.717, 1.165) is 36.7 Å². The van der Waals surface area contributed by atoms with Crippen LogP contribution in [0.4, 0.5) is 0 Å². The number of esters is 1. The van der Waals surface area contributed by atoms with E-state index in [9.17, 15) is 14.7 Å². The third-order valence-electron chi connectivity index (χ3n) is 5.30. The van der Waals surface area contributed by atoms with Crippen molar-refractivity contribution in [2.45, 2.75) is 18.9 Å². The van der Waals surface area contributed by atoms with Crippen molar-refractivity contribution in [2.75, 3.05) is 13.7 Å². The number of aliphatic hydroxyl groups excluding tert-OH is 1. The van der Waals surface area contributed by atoms with E-state index < -0.39 is 17.8 Å². The molecule has 0 fully saturated rings. The standard InChI is InChI=1S/C21H24N2O4/c1-3-13(11-24)16(17(12-25)21(26)27-2)10-19-20-15(8-9-22-19)14-6-4-5-7-18(14)23-20/h3-7,11-13,16,19,22-23,25H,1,8-10H2,2H3/b17-12-/t13-,16+,19+/m1/s1. The minimum Gasteiger partial charge on any atom is -0.515 e. The van der Waals surface area contributed by atoms with Gasteiger partial charge in [-0.05, 0) is 31.0 Å². The van der Waals surface area contributed by atoms with Gasteiger partial charge in [0, 0.05) is 34.5 Å². The van der Waals surface area contributed by atoms with Crippen LogP contribution in [0.3, 0.4) is 0 Å². The minimum absolute atomic E-state index is 0.0690. The molecule has 0 aliphatic carbocycles. The maximum Gasteiger partial charge on any atom is 0.337 e. The number of hydrogen-bond acceptors (Lipinski definition) is 5. The fraction of sp³-hybridized carbons (Fsp3) is 0.333. The first-order chi connectivity index (χ1) is 13.1. The van der Waals surface area contributed by atoms with Crippen LogP contribution in [-0.4, -0.2) is 36.0 Å². The van der Waals surface area contributed by atoms with Gasteiger partial charge in [-0.25, -0.2) is 4.79 Å². The third kappa shape index (κ3) is 3.53. The summed E-state index contributed by atoms with van der Waals surface area (Å²) in [5.74, 6) is -1.81. The molecule has 1 aromatic carbocycles. The number of aldehydes is 1. The maximum atomic E-state index is 12.1. The van der Waals surface area contributed by atoms with Crippen LogP contribution in [0.25, 0.3) is 10.9 Å². The van der Waals surface area contributed by atoms with E-state index in [1.54, 1.807) is 0 Å². The molecule has 2 heterocycles. The molecule has 0 spiro atoms. The summed E-state index contributed by atoms with van der Waals surface area (Å²) in [5, 5.41) is 14.3. The number of rotatable bonds is 7. The Hall–Kier alpha value is -2.86. The Morgan fingerprint density at radius 3 is 2.89 bits per heavy atom. The lowest BCUT2D eigenvalue weighted by Gasteiger charge is -2.30. The lowest BCUT2D eigenvalue weighted by atomic mass is 9.80. The molecule has 1 aromatic heterocycles. The van der Waals surface area contributed by atoms with Crippen LogP contribution >= 0.6 is 0 Å². The van der Waals surface area contributed by atoms with Crippen LogP contribution in [0.2, 0.25) is 0 Å². The van der Waals surface area contributed by atoms with E-state index in [1.165, 1.54) is 24.1 Å². The molecule has 3 rings (SSSR count). The van der Waals surface area contributed by atoms with Gasteiger partial charge in [-0.15, -0.1) is 6.58 Å². The molecule has 0 amide bonds. The Morgan fingerprint density at radius 1 is 1.44 bits per heavy atom. The van der Waals surface area contributed by atoms with E-state index in [1.807, 2.05) is 18.2 Å². The Labute approximate surface area is 157 Å². The van der Waals surface area contributed by atoms with Crippen LogP contribution in [0, 0.1) is 11.8 Å². The second-order valence-electron chi connectivity index (χ2n) is 6.69. The summed E-state index contributed by atoms with van der Waals surface area (Å²) in [4.78, 5) is 27.2. The number of H-pyrrole nitrogens is 1. The van der Waals surface area contributed by atoms with Gasteiger partial charge in [0.1, 0.15) is 6.29 Å². The van der Waals surface area contributed by atoms with Gasteiger partial charge in [0.2, 0.25) is 0 Å². The van der Waals surface area contributed by atoms with Crippen LogP contribution in [0.15, 0.2) is 48.8 Å². The molecule has 6 nitrogen and oxygen atoms in total. The van der Waals surface area contributed by atoms with Gasteiger partial charge in [-0.1, -0.05) is 24.3 Å². The molecule has 0 saturated carbocycles. The van der Waals surface area contributed by atoms with E-state index in [0.29, 0.717) is 6.42 Å². The maximum absolute atomic E-state index is 12.1. The zero-order chi connectivity index (χ0) is 19.4. The van der Waals surface area contributed by atoms with E-state index in [4.69, 9.17) is 4.74 Å². The third-order valence-corrected chi connectivity index (χ3v) is 5.30. The molecule has 0 radical (unpaired) electrons. The summed E-state index contributed by atoms with van der Waals surface area (Å²) >= 11 is 0. The fourth-order valence-corrected chi connectivity index (χ4v) is 3.94.